The Morgan fingerprint density at radius 1 is 1.28 bits per heavy atom. The van der Waals surface area contributed by atoms with Crippen LogP contribution in [0, 0.1) is 0 Å². The fraction of sp³-hybridized carbons (Fsp3) is 0.762. The molecule has 29 heavy (non-hydrogen) atoms. The van der Waals surface area contributed by atoms with Gasteiger partial charge >= 0.3 is 0 Å². The highest BCUT2D eigenvalue weighted by Crippen LogP contribution is 2.23. The molecule has 0 atom stereocenters. The van der Waals surface area contributed by atoms with E-state index in [0.717, 1.165) is 84.2 Å². The second-order valence-corrected chi connectivity index (χ2v) is 8.54. The van der Waals surface area contributed by atoms with Crippen molar-refractivity contribution in [2.24, 2.45) is 4.99 Å². The van der Waals surface area contributed by atoms with Crippen molar-refractivity contribution in [3.63, 3.8) is 0 Å². The number of likely N-dealkylation sites (tertiary alicyclic amines) is 1. The summed E-state index contributed by atoms with van der Waals surface area (Å²) in [6.45, 7) is 10.8. The van der Waals surface area contributed by atoms with Crippen molar-refractivity contribution in [2.45, 2.75) is 45.3 Å². The van der Waals surface area contributed by atoms with Gasteiger partial charge in [-0.05, 0) is 49.6 Å². The number of hydrogen-bond donors (Lipinski definition) is 1. The Morgan fingerprint density at radius 2 is 2.10 bits per heavy atom. The lowest BCUT2D eigenvalue weighted by atomic mass is 10.1. The van der Waals surface area contributed by atoms with Crippen LogP contribution in [-0.2, 0) is 22.4 Å². The summed E-state index contributed by atoms with van der Waals surface area (Å²) in [7, 11) is 1.74. The van der Waals surface area contributed by atoms with Crippen molar-refractivity contribution in [3.8, 4) is 0 Å². The molecule has 3 rings (SSSR count). The highest BCUT2D eigenvalue weighted by Gasteiger charge is 2.22. The minimum Gasteiger partial charge on any atom is -0.385 e. The van der Waals surface area contributed by atoms with Crippen LogP contribution in [0.4, 0.5) is 0 Å². The molecule has 0 aliphatic carbocycles. The SMILES string of the molecule is CCNC(=NCCN1CCc2sccc2C1)N1CCC(OCCCOC)CC1.I. The number of aliphatic imine (C=N–C) groups is 1. The summed E-state index contributed by atoms with van der Waals surface area (Å²) in [5.74, 6) is 1.06. The molecule has 0 saturated carbocycles. The van der Waals surface area contributed by atoms with Crippen molar-refractivity contribution in [1.82, 2.24) is 15.1 Å². The third-order valence-corrected chi connectivity index (χ3v) is 6.51. The topological polar surface area (TPSA) is 49.3 Å². The second kappa shape index (κ2) is 13.8. The largest absolute Gasteiger partial charge is 0.385 e. The summed E-state index contributed by atoms with van der Waals surface area (Å²) in [4.78, 5) is 11.4. The van der Waals surface area contributed by atoms with Crippen molar-refractivity contribution in [3.05, 3.63) is 21.9 Å². The lowest BCUT2D eigenvalue weighted by Crippen LogP contribution is -2.47. The van der Waals surface area contributed by atoms with Crippen molar-refractivity contribution >= 4 is 41.3 Å². The van der Waals surface area contributed by atoms with Crippen LogP contribution in [0.1, 0.15) is 36.6 Å². The molecule has 0 aromatic carbocycles. The monoisotopic (exact) mass is 536 g/mol. The minimum absolute atomic E-state index is 0. The van der Waals surface area contributed by atoms with Crippen LogP contribution in [0.5, 0.6) is 0 Å². The summed E-state index contributed by atoms with van der Waals surface area (Å²) in [5.41, 5.74) is 1.51. The maximum absolute atomic E-state index is 5.98. The molecule has 1 N–H and O–H groups in total. The van der Waals surface area contributed by atoms with Gasteiger partial charge in [-0.15, -0.1) is 35.3 Å². The Morgan fingerprint density at radius 3 is 2.86 bits per heavy atom. The third-order valence-electron chi connectivity index (χ3n) is 5.49. The average Bonchev–Trinajstić information content (AvgIpc) is 3.19. The molecule has 0 bridgehead atoms. The number of methoxy groups -OCH3 is 1. The molecule has 166 valence electrons. The number of guanidine groups is 1. The van der Waals surface area contributed by atoms with Gasteiger partial charge in [0.25, 0.3) is 0 Å². The van der Waals surface area contributed by atoms with Crippen LogP contribution < -0.4 is 5.32 Å². The van der Waals surface area contributed by atoms with E-state index in [-0.39, 0.29) is 24.0 Å². The smallest absolute Gasteiger partial charge is 0.193 e. The molecule has 1 aromatic heterocycles. The van der Waals surface area contributed by atoms with Crippen molar-refractivity contribution in [2.75, 3.05) is 59.6 Å². The first-order chi connectivity index (χ1) is 13.8. The molecule has 0 radical (unpaired) electrons. The molecule has 0 spiro atoms. The molecule has 6 nitrogen and oxygen atoms in total. The molecule has 0 unspecified atom stereocenters. The Hall–Kier alpha value is -0.420. The van der Waals surface area contributed by atoms with Gasteiger partial charge in [0.2, 0.25) is 0 Å². The number of nitrogens with one attached hydrogen (secondary N) is 1. The first-order valence-electron chi connectivity index (χ1n) is 10.7. The number of fused-ring (bicyclic) bond motifs is 1. The summed E-state index contributed by atoms with van der Waals surface area (Å²) in [5, 5.41) is 5.70. The van der Waals surface area contributed by atoms with E-state index >= 15 is 0 Å². The lowest BCUT2D eigenvalue weighted by molar-refractivity contribution is 0.00990. The van der Waals surface area contributed by atoms with Gasteiger partial charge < -0.3 is 19.7 Å². The standard InChI is InChI=1S/C21H36N4O2S.HI/c1-3-22-21(25-11-5-19(6-12-25)27-15-4-14-26-2)23-9-13-24-10-7-20-18(17-24)8-16-28-20;/h8,16,19H,3-7,9-15,17H2,1-2H3,(H,22,23);1H. The third kappa shape index (κ3) is 7.97. The predicted octanol–water partition coefficient (Wildman–Crippen LogP) is 3.21. The number of nitrogens with zero attached hydrogens (tertiary/aromatic N) is 3. The number of piperidine rings is 1. The molecule has 3 heterocycles. The molecular weight excluding hydrogens is 499 g/mol. The van der Waals surface area contributed by atoms with Gasteiger partial charge in [-0.25, -0.2) is 0 Å². The van der Waals surface area contributed by atoms with Crippen molar-refractivity contribution in [1.29, 1.82) is 0 Å². The van der Waals surface area contributed by atoms with E-state index in [2.05, 4.69) is 33.5 Å². The number of hydrogen-bond acceptors (Lipinski definition) is 5. The first-order valence-corrected chi connectivity index (χ1v) is 11.6. The number of rotatable bonds is 9. The lowest BCUT2D eigenvalue weighted by Gasteiger charge is -2.34. The van der Waals surface area contributed by atoms with E-state index in [0.29, 0.717) is 6.10 Å². The quantitative estimate of drug-likeness (QED) is 0.228. The number of halogens is 1. The van der Waals surface area contributed by atoms with Gasteiger partial charge in [0.1, 0.15) is 0 Å². The van der Waals surface area contributed by atoms with Crippen LogP contribution in [0.15, 0.2) is 16.4 Å². The van der Waals surface area contributed by atoms with Gasteiger partial charge in [-0.3, -0.25) is 9.89 Å². The minimum atomic E-state index is 0. The summed E-state index contributed by atoms with van der Waals surface area (Å²) >= 11 is 1.90. The van der Waals surface area contributed by atoms with E-state index in [1.807, 2.05) is 11.3 Å². The molecular formula is C21H37IN4O2S. The van der Waals surface area contributed by atoms with Crippen LogP contribution in [-0.4, -0.2) is 81.5 Å². The fourth-order valence-corrected chi connectivity index (χ4v) is 4.80. The van der Waals surface area contributed by atoms with Gasteiger partial charge in [0.15, 0.2) is 5.96 Å². The van der Waals surface area contributed by atoms with Crippen LogP contribution in [0.3, 0.4) is 0 Å². The fourth-order valence-electron chi connectivity index (χ4n) is 3.91. The van der Waals surface area contributed by atoms with Gasteiger partial charge in [0.05, 0.1) is 12.6 Å². The molecule has 0 amide bonds. The van der Waals surface area contributed by atoms with E-state index in [1.165, 1.54) is 12.0 Å². The highest BCUT2D eigenvalue weighted by atomic mass is 127. The molecule has 2 aliphatic rings. The van der Waals surface area contributed by atoms with E-state index in [4.69, 9.17) is 14.5 Å². The van der Waals surface area contributed by atoms with E-state index in [1.54, 1.807) is 12.0 Å². The van der Waals surface area contributed by atoms with Crippen LogP contribution in [0.25, 0.3) is 0 Å². The maximum atomic E-state index is 5.98. The summed E-state index contributed by atoms with van der Waals surface area (Å²) < 4.78 is 11.1. The highest BCUT2D eigenvalue weighted by molar-refractivity contribution is 14.0. The summed E-state index contributed by atoms with van der Waals surface area (Å²) in [6, 6.07) is 2.28. The first kappa shape index (κ1) is 24.8. The van der Waals surface area contributed by atoms with Gasteiger partial charge in [-0.2, -0.15) is 0 Å². The van der Waals surface area contributed by atoms with E-state index < -0.39 is 0 Å². The predicted molar refractivity (Wildman–Crippen MR) is 132 cm³/mol. The molecule has 2 aliphatic heterocycles. The molecule has 1 saturated heterocycles. The normalized spacial score (nSPS) is 18.4. The molecule has 1 aromatic rings. The Bertz CT molecular complexity index is 605. The van der Waals surface area contributed by atoms with Crippen LogP contribution >= 0.6 is 35.3 Å². The number of ether oxygens (including phenoxy) is 2. The molecule has 8 heteroatoms. The maximum Gasteiger partial charge on any atom is 0.193 e. The number of thiophene rings is 1. The zero-order valence-corrected chi connectivity index (χ0v) is 21.0. The average molecular weight is 537 g/mol. The Balaban J connectivity index is 0.00000300. The molecule has 1 fully saturated rings. The zero-order valence-electron chi connectivity index (χ0n) is 17.9. The van der Waals surface area contributed by atoms with Crippen molar-refractivity contribution < 1.29 is 9.47 Å². The van der Waals surface area contributed by atoms with Crippen LogP contribution in [0.2, 0.25) is 0 Å². The van der Waals surface area contributed by atoms with E-state index in [9.17, 15) is 0 Å². The van der Waals surface area contributed by atoms with Gasteiger partial charge in [0, 0.05) is 64.5 Å². The second-order valence-electron chi connectivity index (χ2n) is 7.53. The van der Waals surface area contributed by atoms with Gasteiger partial charge in [-0.1, -0.05) is 0 Å². The Labute approximate surface area is 197 Å². The summed E-state index contributed by atoms with van der Waals surface area (Å²) in [6.07, 6.45) is 4.69. The zero-order chi connectivity index (χ0) is 19.6. The Kier molecular flexibility index (Phi) is 11.8.